The minimum atomic E-state index is -0.415. The van der Waals surface area contributed by atoms with Gasteiger partial charge in [0.1, 0.15) is 0 Å². The Bertz CT molecular complexity index is 387. The largest absolute Gasteiger partial charge is 0.379 e. The third-order valence-corrected chi connectivity index (χ3v) is 4.24. The van der Waals surface area contributed by atoms with Crippen molar-refractivity contribution in [1.29, 1.82) is 0 Å². The minimum absolute atomic E-state index is 0.205. The smallest absolute Gasteiger partial charge is 0.235 e. The van der Waals surface area contributed by atoms with Crippen molar-refractivity contribution in [2.45, 2.75) is 13.0 Å². The van der Waals surface area contributed by atoms with Crippen LogP contribution in [0.25, 0.3) is 0 Å². The van der Waals surface area contributed by atoms with Crippen LogP contribution in [0.1, 0.15) is 6.92 Å². The Hall–Kier alpha value is -1.09. The first kappa shape index (κ1) is 10.1. The van der Waals surface area contributed by atoms with Crippen LogP contribution in [0.15, 0.2) is 24.3 Å². The van der Waals surface area contributed by atoms with Crippen molar-refractivity contribution in [2.24, 2.45) is 17.3 Å². The normalized spacial score (nSPS) is 47.8. The maximum atomic E-state index is 12.5. The fourth-order valence-corrected chi connectivity index (χ4v) is 3.12. The highest BCUT2D eigenvalue weighted by Crippen LogP contribution is 2.44. The number of amides is 1. The fourth-order valence-electron chi connectivity index (χ4n) is 3.12. The van der Waals surface area contributed by atoms with Crippen LogP contribution in [0.4, 0.5) is 0 Å². The summed E-state index contributed by atoms with van der Waals surface area (Å²) >= 11 is 0. The second-order valence-corrected chi connectivity index (χ2v) is 5.17. The lowest BCUT2D eigenvalue weighted by atomic mass is 9.71. The van der Waals surface area contributed by atoms with E-state index in [1.54, 1.807) is 0 Å². The Kier molecular flexibility index (Phi) is 2.02. The van der Waals surface area contributed by atoms with Gasteiger partial charge in [-0.3, -0.25) is 4.79 Å². The molecule has 4 atom stereocenters. The van der Waals surface area contributed by atoms with E-state index in [2.05, 4.69) is 31.2 Å². The van der Waals surface area contributed by atoms with Gasteiger partial charge in [0.25, 0.3) is 0 Å². The lowest BCUT2D eigenvalue weighted by Gasteiger charge is -2.43. The van der Waals surface area contributed by atoms with Crippen LogP contribution in [-0.2, 0) is 9.53 Å². The Morgan fingerprint density at radius 3 is 3.06 bits per heavy atom. The van der Waals surface area contributed by atoms with Gasteiger partial charge in [-0.15, -0.1) is 0 Å². The molecule has 3 heterocycles. The van der Waals surface area contributed by atoms with Crippen LogP contribution in [-0.4, -0.2) is 37.1 Å². The topological polar surface area (TPSA) is 29.5 Å². The molecule has 3 nitrogen and oxygen atoms in total. The second kappa shape index (κ2) is 3.20. The standard InChI is InChI=1S/C13H17NO2/c1-9-3-4-10-7-16-8-13(10)6-5-11(9)14(2)12(13)15/h3-6,9-11H,7-8H2,1-2H3/b4-3-/t9-,10+,11+,13+/m0/s1. The Morgan fingerprint density at radius 2 is 2.25 bits per heavy atom. The van der Waals surface area contributed by atoms with Crippen LogP contribution in [0.3, 0.4) is 0 Å². The highest BCUT2D eigenvalue weighted by Gasteiger charge is 2.52. The summed E-state index contributed by atoms with van der Waals surface area (Å²) in [6.45, 7) is 3.35. The summed E-state index contributed by atoms with van der Waals surface area (Å²) in [6.07, 6.45) is 8.68. The zero-order chi connectivity index (χ0) is 11.3. The first-order chi connectivity index (χ1) is 7.65. The Labute approximate surface area is 95.8 Å². The van der Waals surface area contributed by atoms with E-state index >= 15 is 0 Å². The van der Waals surface area contributed by atoms with Crippen molar-refractivity contribution in [2.75, 3.05) is 20.3 Å². The van der Waals surface area contributed by atoms with E-state index in [9.17, 15) is 4.79 Å². The molecule has 0 aromatic rings. The van der Waals surface area contributed by atoms with Crippen LogP contribution in [0.5, 0.6) is 0 Å². The number of carbonyl (C=O) groups is 1. The van der Waals surface area contributed by atoms with Crippen molar-refractivity contribution in [3.8, 4) is 0 Å². The fraction of sp³-hybridized carbons (Fsp3) is 0.615. The second-order valence-electron chi connectivity index (χ2n) is 5.17. The van der Waals surface area contributed by atoms with Crippen LogP contribution >= 0.6 is 0 Å². The molecule has 0 unspecified atom stereocenters. The molecule has 16 heavy (non-hydrogen) atoms. The summed E-state index contributed by atoms with van der Waals surface area (Å²) in [5, 5.41) is 0. The van der Waals surface area contributed by atoms with Crippen molar-refractivity contribution >= 4 is 5.91 Å². The van der Waals surface area contributed by atoms with E-state index in [1.165, 1.54) is 0 Å². The van der Waals surface area contributed by atoms with Gasteiger partial charge in [0.05, 0.1) is 24.7 Å². The van der Waals surface area contributed by atoms with Crippen molar-refractivity contribution in [3.63, 3.8) is 0 Å². The molecule has 86 valence electrons. The summed E-state index contributed by atoms with van der Waals surface area (Å²) in [6, 6.07) is 0.205. The number of carbonyl (C=O) groups excluding carboxylic acids is 1. The van der Waals surface area contributed by atoms with E-state index in [0.29, 0.717) is 19.1 Å². The molecule has 0 N–H and O–H groups in total. The molecule has 4 rings (SSSR count). The number of nitrogens with zero attached hydrogens (tertiary/aromatic N) is 1. The predicted octanol–water partition coefficient (Wildman–Crippen LogP) is 1.22. The molecular weight excluding hydrogens is 202 g/mol. The average molecular weight is 219 g/mol. The molecule has 1 amide bonds. The number of fused-ring (bicyclic) bond motifs is 2. The van der Waals surface area contributed by atoms with Gasteiger partial charge in [0.15, 0.2) is 0 Å². The van der Waals surface area contributed by atoms with E-state index < -0.39 is 5.41 Å². The van der Waals surface area contributed by atoms with E-state index in [4.69, 9.17) is 4.74 Å². The molecular formula is C13H17NO2. The minimum Gasteiger partial charge on any atom is -0.379 e. The summed E-state index contributed by atoms with van der Waals surface area (Å²) in [5.41, 5.74) is -0.415. The molecule has 0 saturated carbocycles. The van der Waals surface area contributed by atoms with E-state index in [-0.39, 0.29) is 17.9 Å². The molecule has 0 radical (unpaired) electrons. The van der Waals surface area contributed by atoms with Gasteiger partial charge in [0, 0.05) is 13.0 Å². The van der Waals surface area contributed by atoms with Crippen LogP contribution < -0.4 is 0 Å². The zero-order valence-electron chi connectivity index (χ0n) is 9.72. The monoisotopic (exact) mass is 219 g/mol. The van der Waals surface area contributed by atoms with Gasteiger partial charge < -0.3 is 9.64 Å². The lowest BCUT2D eigenvalue weighted by molar-refractivity contribution is -0.142. The summed E-state index contributed by atoms with van der Waals surface area (Å²) in [4.78, 5) is 14.4. The van der Waals surface area contributed by atoms with Gasteiger partial charge in [-0.25, -0.2) is 0 Å². The average Bonchev–Trinajstić information content (AvgIpc) is 2.64. The Morgan fingerprint density at radius 1 is 1.44 bits per heavy atom. The molecule has 2 bridgehead atoms. The lowest BCUT2D eigenvalue weighted by Crippen LogP contribution is -2.54. The first-order valence-electron chi connectivity index (χ1n) is 5.88. The number of likely N-dealkylation sites (N-methyl/N-ethyl adjacent to an activating group) is 1. The quantitative estimate of drug-likeness (QED) is 0.573. The number of ether oxygens (including phenoxy) is 1. The molecule has 0 aromatic carbocycles. The van der Waals surface area contributed by atoms with Gasteiger partial charge in [-0.2, -0.15) is 0 Å². The van der Waals surface area contributed by atoms with Crippen LogP contribution in [0.2, 0.25) is 0 Å². The highest BCUT2D eigenvalue weighted by molar-refractivity contribution is 5.87. The summed E-state index contributed by atoms with van der Waals surface area (Å²) in [5.74, 6) is 0.810. The van der Waals surface area contributed by atoms with E-state index in [1.807, 2.05) is 11.9 Å². The third-order valence-electron chi connectivity index (χ3n) is 4.24. The molecule has 1 spiro atoms. The van der Waals surface area contributed by atoms with Crippen molar-refractivity contribution in [1.82, 2.24) is 4.90 Å². The molecule has 0 aromatic heterocycles. The number of rotatable bonds is 0. The van der Waals surface area contributed by atoms with Gasteiger partial charge in [-0.05, 0) is 5.92 Å². The predicted molar refractivity (Wildman–Crippen MR) is 60.7 cm³/mol. The molecule has 3 heteroatoms. The van der Waals surface area contributed by atoms with Gasteiger partial charge >= 0.3 is 0 Å². The molecule has 1 aliphatic carbocycles. The molecule has 3 aliphatic heterocycles. The van der Waals surface area contributed by atoms with Crippen molar-refractivity contribution < 1.29 is 9.53 Å². The zero-order valence-corrected chi connectivity index (χ0v) is 9.72. The van der Waals surface area contributed by atoms with Crippen LogP contribution in [0, 0.1) is 17.3 Å². The Balaban J connectivity index is 2.14. The summed E-state index contributed by atoms with van der Waals surface area (Å²) < 4.78 is 5.53. The third kappa shape index (κ3) is 1.09. The van der Waals surface area contributed by atoms with E-state index in [0.717, 1.165) is 0 Å². The molecule has 1 saturated heterocycles. The van der Waals surface area contributed by atoms with Crippen molar-refractivity contribution in [3.05, 3.63) is 24.3 Å². The highest BCUT2D eigenvalue weighted by atomic mass is 16.5. The number of hydrogen-bond donors (Lipinski definition) is 0. The first-order valence-corrected chi connectivity index (χ1v) is 5.88. The van der Waals surface area contributed by atoms with Gasteiger partial charge in [0.2, 0.25) is 5.91 Å². The summed E-state index contributed by atoms with van der Waals surface area (Å²) in [7, 11) is 1.91. The number of hydrogen-bond acceptors (Lipinski definition) is 2. The molecule has 4 aliphatic rings. The maximum absolute atomic E-state index is 12.5. The maximum Gasteiger partial charge on any atom is 0.235 e. The van der Waals surface area contributed by atoms with Gasteiger partial charge in [-0.1, -0.05) is 31.2 Å². The molecule has 1 fully saturated rings. The SMILES string of the molecule is C[C@H]1/C=C\[C@@H]2COC[C@]23C=C[C@H]1N(C)C3=O.